The second-order valence-corrected chi connectivity index (χ2v) is 8.90. The molecular weight excluding hydrogens is 434 g/mol. The number of carboxylic acid groups (broad SMARTS) is 1. The molecule has 180 valence electrons. The largest absolute Gasteiger partial charge is 0.497 e. The first-order chi connectivity index (χ1) is 16.4. The summed E-state index contributed by atoms with van der Waals surface area (Å²) in [6.45, 7) is 3.94. The molecule has 0 amide bonds. The van der Waals surface area contributed by atoms with Crippen LogP contribution in [0.15, 0.2) is 46.9 Å². The van der Waals surface area contributed by atoms with Gasteiger partial charge in [0, 0.05) is 5.56 Å². The summed E-state index contributed by atoms with van der Waals surface area (Å²) in [5.41, 5.74) is 2.91. The molecule has 1 saturated carbocycles. The van der Waals surface area contributed by atoms with E-state index < -0.39 is 12.1 Å². The Labute approximate surface area is 199 Å². The van der Waals surface area contributed by atoms with Crippen LogP contribution < -0.4 is 4.74 Å². The van der Waals surface area contributed by atoms with Gasteiger partial charge >= 0.3 is 5.97 Å². The fourth-order valence-electron chi connectivity index (χ4n) is 4.74. The Morgan fingerprint density at radius 1 is 1.21 bits per heavy atom. The minimum atomic E-state index is -1.01. The number of aromatic carboxylic acids is 1. The number of rotatable bonds is 8. The van der Waals surface area contributed by atoms with E-state index in [1.54, 1.807) is 32.2 Å². The number of carbonyl (C=O) groups is 1. The molecule has 1 fully saturated rings. The first-order valence-corrected chi connectivity index (χ1v) is 11.6. The number of methoxy groups -OCH3 is 1. The van der Waals surface area contributed by atoms with E-state index in [0.29, 0.717) is 35.8 Å². The van der Waals surface area contributed by atoms with Crippen LogP contribution in [0.2, 0.25) is 0 Å². The number of aliphatic hydroxyl groups is 1. The SMILES string of the molecule is COc1cccc(-c2nc(COC3CCCC(C(O)c4cccc(C)c4C(=O)O)C3)c(C)o2)c1. The minimum absolute atomic E-state index is 0.0390. The standard InChI is InChI=1S/C27H31NO6/c1-16-7-4-12-22(24(16)27(30)31)25(29)18-8-5-11-21(13-18)33-15-23-17(2)34-26(28-23)19-9-6-10-20(14-19)32-3/h4,6-7,9-10,12,14,18,21,25,29H,5,8,11,13,15H2,1-3H3,(H,30,31). The van der Waals surface area contributed by atoms with E-state index in [4.69, 9.17) is 13.9 Å². The Bertz CT molecular complexity index is 1150. The van der Waals surface area contributed by atoms with Crippen molar-refractivity contribution in [2.75, 3.05) is 7.11 Å². The third-order valence-electron chi connectivity index (χ3n) is 6.62. The monoisotopic (exact) mass is 465 g/mol. The highest BCUT2D eigenvalue weighted by molar-refractivity contribution is 5.91. The normalized spacial score (nSPS) is 19.1. The molecule has 0 bridgehead atoms. The van der Waals surface area contributed by atoms with Gasteiger partial charge in [0.2, 0.25) is 5.89 Å². The molecule has 0 spiro atoms. The number of ether oxygens (including phenoxy) is 2. The average molecular weight is 466 g/mol. The lowest BCUT2D eigenvalue weighted by atomic mass is 9.80. The van der Waals surface area contributed by atoms with Crippen molar-refractivity contribution in [3.63, 3.8) is 0 Å². The molecule has 0 aliphatic heterocycles. The fraction of sp³-hybridized carbons (Fsp3) is 0.407. The third-order valence-corrected chi connectivity index (χ3v) is 6.62. The maximum absolute atomic E-state index is 11.8. The van der Waals surface area contributed by atoms with Crippen LogP contribution >= 0.6 is 0 Å². The van der Waals surface area contributed by atoms with E-state index in [1.807, 2.05) is 31.2 Å². The van der Waals surface area contributed by atoms with Gasteiger partial charge in [-0.15, -0.1) is 0 Å². The van der Waals surface area contributed by atoms with Crippen molar-refractivity contribution in [1.29, 1.82) is 0 Å². The summed E-state index contributed by atoms with van der Waals surface area (Å²) in [7, 11) is 1.62. The smallest absolute Gasteiger partial charge is 0.336 e. The lowest BCUT2D eigenvalue weighted by Gasteiger charge is -2.32. The number of aliphatic hydroxyl groups excluding tert-OH is 1. The van der Waals surface area contributed by atoms with Crippen LogP contribution in [-0.4, -0.2) is 34.4 Å². The molecule has 1 heterocycles. The number of nitrogens with zero attached hydrogens (tertiary/aromatic N) is 1. The molecule has 3 atom stereocenters. The zero-order valence-electron chi connectivity index (χ0n) is 19.8. The van der Waals surface area contributed by atoms with Crippen LogP contribution in [0, 0.1) is 19.8 Å². The van der Waals surface area contributed by atoms with Gasteiger partial charge in [0.15, 0.2) is 0 Å². The Balaban J connectivity index is 1.42. The summed E-state index contributed by atoms with van der Waals surface area (Å²) in [5, 5.41) is 20.7. The molecule has 4 rings (SSSR count). The van der Waals surface area contributed by atoms with Crippen LogP contribution in [0.25, 0.3) is 11.5 Å². The second kappa shape index (κ2) is 10.4. The number of hydrogen-bond acceptors (Lipinski definition) is 6. The molecule has 7 heteroatoms. The number of benzene rings is 2. The van der Waals surface area contributed by atoms with Crippen LogP contribution in [0.4, 0.5) is 0 Å². The van der Waals surface area contributed by atoms with Crippen LogP contribution in [0.3, 0.4) is 0 Å². The van der Waals surface area contributed by atoms with Crippen molar-refractivity contribution in [2.24, 2.45) is 5.92 Å². The number of aryl methyl sites for hydroxylation is 2. The highest BCUT2D eigenvalue weighted by Gasteiger charge is 2.31. The topological polar surface area (TPSA) is 102 Å². The zero-order chi connectivity index (χ0) is 24.2. The second-order valence-electron chi connectivity index (χ2n) is 8.90. The molecule has 1 aliphatic rings. The molecule has 1 aliphatic carbocycles. The molecule has 3 aromatic rings. The maximum atomic E-state index is 11.8. The highest BCUT2D eigenvalue weighted by Crippen LogP contribution is 2.38. The van der Waals surface area contributed by atoms with Gasteiger partial charge in [-0.2, -0.15) is 0 Å². The highest BCUT2D eigenvalue weighted by atomic mass is 16.5. The zero-order valence-corrected chi connectivity index (χ0v) is 19.8. The van der Waals surface area contributed by atoms with Crippen molar-refractivity contribution in [1.82, 2.24) is 4.98 Å². The number of hydrogen-bond donors (Lipinski definition) is 2. The summed E-state index contributed by atoms with van der Waals surface area (Å²) in [6.07, 6.45) is 2.41. The summed E-state index contributed by atoms with van der Waals surface area (Å²) in [4.78, 5) is 16.4. The molecule has 3 unspecified atom stereocenters. The van der Waals surface area contributed by atoms with E-state index in [2.05, 4.69) is 4.98 Å². The van der Waals surface area contributed by atoms with Gasteiger partial charge in [-0.3, -0.25) is 0 Å². The maximum Gasteiger partial charge on any atom is 0.336 e. The van der Waals surface area contributed by atoms with Crippen LogP contribution in [0.1, 0.15) is 64.7 Å². The summed E-state index contributed by atoms with van der Waals surface area (Å²) in [6, 6.07) is 12.8. The van der Waals surface area contributed by atoms with Crippen molar-refractivity contribution >= 4 is 5.97 Å². The summed E-state index contributed by atoms with van der Waals surface area (Å²) >= 11 is 0. The van der Waals surface area contributed by atoms with Crippen molar-refractivity contribution in [2.45, 2.75) is 58.3 Å². The van der Waals surface area contributed by atoms with Crippen LogP contribution in [-0.2, 0) is 11.3 Å². The molecule has 0 saturated heterocycles. The van der Waals surface area contributed by atoms with Gasteiger partial charge in [-0.1, -0.05) is 30.7 Å². The molecule has 2 aromatic carbocycles. The molecular formula is C27H31NO6. The molecule has 2 N–H and O–H groups in total. The average Bonchev–Trinajstić information content (AvgIpc) is 3.22. The number of carboxylic acids is 1. The van der Waals surface area contributed by atoms with Crippen LogP contribution in [0.5, 0.6) is 5.75 Å². The van der Waals surface area contributed by atoms with Gasteiger partial charge in [0.05, 0.1) is 31.5 Å². The first-order valence-electron chi connectivity index (χ1n) is 11.6. The Morgan fingerprint density at radius 3 is 2.76 bits per heavy atom. The van der Waals surface area contributed by atoms with Crippen molar-refractivity contribution < 1.29 is 28.9 Å². The van der Waals surface area contributed by atoms with Crippen molar-refractivity contribution in [3.8, 4) is 17.2 Å². The number of aromatic nitrogens is 1. The summed E-state index contributed by atoms with van der Waals surface area (Å²) < 4.78 is 17.3. The predicted octanol–water partition coefficient (Wildman–Crippen LogP) is 5.47. The number of oxazole rings is 1. The lowest BCUT2D eigenvalue weighted by Crippen LogP contribution is -2.27. The van der Waals surface area contributed by atoms with E-state index in [1.165, 1.54) is 0 Å². The first kappa shape index (κ1) is 24.0. The van der Waals surface area contributed by atoms with E-state index >= 15 is 0 Å². The predicted molar refractivity (Wildman–Crippen MR) is 127 cm³/mol. The van der Waals surface area contributed by atoms with Gasteiger partial charge in [0.25, 0.3) is 0 Å². The van der Waals surface area contributed by atoms with E-state index in [9.17, 15) is 15.0 Å². The molecule has 34 heavy (non-hydrogen) atoms. The van der Waals surface area contributed by atoms with Gasteiger partial charge < -0.3 is 24.1 Å². The Kier molecular flexibility index (Phi) is 7.34. The molecule has 0 radical (unpaired) electrons. The Hall–Kier alpha value is -3.16. The van der Waals surface area contributed by atoms with E-state index in [0.717, 1.165) is 36.3 Å². The summed E-state index contributed by atoms with van der Waals surface area (Å²) in [5.74, 6) is 0.884. The van der Waals surface area contributed by atoms with E-state index in [-0.39, 0.29) is 17.6 Å². The van der Waals surface area contributed by atoms with Crippen molar-refractivity contribution in [3.05, 3.63) is 70.6 Å². The minimum Gasteiger partial charge on any atom is -0.497 e. The lowest BCUT2D eigenvalue weighted by molar-refractivity contribution is -0.0262. The van der Waals surface area contributed by atoms with Gasteiger partial charge in [-0.05, 0) is 68.4 Å². The Morgan fingerprint density at radius 2 is 2.00 bits per heavy atom. The quantitative estimate of drug-likeness (QED) is 0.454. The molecule has 7 nitrogen and oxygen atoms in total. The van der Waals surface area contributed by atoms with Gasteiger partial charge in [0.1, 0.15) is 17.2 Å². The molecule has 1 aromatic heterocycles. The third kappa shape index (κ3) is 5.16. The fourth-order valence-corrected chi connectivity index (χ4v) is 4.74. The van der Waals surface area contributed by atoms with Gasteiger partial charge in [-0.25, -0.2) is 9.78 Å².